The van der Waals surface area contributed by atoms with Gasteiger partial charge in [0.05, 0.1) is 10.5 Å². The Morgan fingerprint density at radius 1 is 0.976 bits per heavy atom. The van der Waals surface area contributed by atoms with Gasteiger partial charge >= 0.3 is 6.18 Å². The molecule has 3 N–H and O–H groups in total. The Labute approximate surface area is 233 Å². The van der Waals surface area contributed by atoms with Crippen molar-refractivity contribution < 1.29 is 31.1 Å². The first-order valence-corrected chi connectivity index (χ1v) is 14.0. The van der Waals surface area contributed by atoms with Crippen molar-refractivity contribution in [3.63, 3.8) is 0 Å². The molecule has 4 aromatic rings. The minimum atomic E-state index is -4.48. The number of ether oxygens (including phenoxy) is 1. The third kappa shape index (κ3) is 6.81. The van der Waals surface area contributed by atoms with Gasteiger partial charge in [-0.2, -0.15) is 18.2 Å². The lowest BCUT2D eigenvalue weighted by molar-refractivity contribution is -0.137. The number of nitrogens with zero attached hydrogens (tertiary/aromatic N) is 2. The number of anilines is 3. The molecule has 212 valence electrons. The standard InChI is InChI=1S/C28H24F3N5O4S/c29-28(30,31)20-9-5-19(6-10-20)25(37)17-40-22-11-7-18(8-12-22)24-16-33-27-35-21-3-1-4-23(15-21)41(38,39)34-14-2-13-32-26(24)36-27/h1,3-12,15-16,34H,2,13-14,17H2,(H2,32,33,35,36). The minimum Gasteiger partial charge on any atom is -0.485 e. The van der Waals surface area contributed by atoms with Gasteiger partial charge in [0.1, 0.15) is 11.6 Å². The SMILES string of the molecule is O=C(COc1ccc(-c2cnc3nc2NCCCNS(=O)(=O)c2cccc(c2)N3)cc1)c1ccc(C(F)(F)F)cc1. The molecule has 0 aliphatic carbocycles. The van der Waals surface area contributed by atoms with E-state index in [0.717, 1.165) is 29.8 Å². The first-order valence-electron chi connectivity index (χ1n) is 12.5. The first kappa shape index (κ1) is 28.1. The Bertz CT molecular complexity index is 1660. The fourth-order valence-corrected chi connectivity index (χ4v) is 5.17. The Balaban J connectivity index is 1.30. The highest BCUT2D eigenvalue weighted by Crippen LogP contribution is 2.31. The van der Waals surface area contributed by atoms with Crippen LogP contribution in [0.2, 0.25) is 0 Å². The van der Waals surface area contributed by atoms with E-state index in [4.69, 9.17) is 4.74 Å². The van der Waals surface area contributed by atoms with Gasteiger partial charge in [0.15, 0.2) is 12.4 Å². The quantitative estimate of drug-likeness (QED) is 0.272. The van der Waals surface area contributed by atoms with Gasteiger partial charge in [-0.15, -0.1) is 0 Å². The number of aromatic nitrogens is 2. The van der Waals surface area contributed by atoms with E-state index in [1.165, 1.54) is 12.1 Å². The lowest BCUT2D eigenvalue weighted by Crippen LogP contribution is -2.26. The summed E-state index contributed by atoms with van der Waals surface area (Å²) in [7, 11) is -3.66. The highest BCUT2D eigenvalue weighted by Gasteiger charge is 2.30. The first-order chi connectivity index (χ1) is 19.6. The van der Waals surface area contributed by atoms with Crippen molar-refractivity contribution in [3.05, 3.63) is 90.1 Å². The van der Waals surface area contributed by atoms with E-state index in [0.29, 0.717) is 35.8 Å². The van der Waals surface area contributed by atoms with Crippen molar-refractivity contribution >= 4 is 33.3 Å². The van der Waals surface area contributed by atoms with E-state index in [1.807, 2.05) is 0 Å². The van der Waals surface area contributed by atoms with Crippen LogP contribution in [0.1, 0.15) is 22.3 Å². The zero-order valence-electron chi connectivity index (χ0n) is 21.4. The molecule has 0 saturated carbocycles. The number of hydrogen-bond donors (Lipinski definition) is 3. The number of benzene rings is 3. The van der Waals surface area contributed by atoms with Crippen LogP contribution in [0.15, 0.2) is 83.9 Å². The molecule has 13 heteroatoms. The molecule has 5 rings (SSSR count). The van der Waals surface area contributed by atoms with Crippen LogP contribution in [0.5, 0.6) is 5.75 Å². The molecule has 0 fully saturated rings. The summed E-state index contributed by atoms with van der Waals surface area (Å²) < 4.78 is 71.5. The van der Waals surface area contributed by atoms with Crippen LogP contribution >= 0.6 is 0 Å². The highest BCUT2D eigenvalue weighted by atomic mass is 32.2. The van der Waals surface area contributed by atoms with Crippen molar-refractivity contribution in [2.45, 2.75) is 17.5 Å². The van der Waals surface area contributed by atoms with E-state index >= 15 is 0 Å². The fourth-order valence-electron chi connectivity index (χ4n) is 4.05. The van der Waals surface area contributed by atoms with Crippen molar-refractivity contribution in [1.29, 1.82) is 0 Å². The van der Waals surface area contributed by atoms with Gasteiger partial charge in [-0.25, -0.2) is 18.1 Å². The monoisotopic (exact) mass is 583 g/mol. The van der Waals surface area contributed by atoms with Crippen LogP contribution < -0.4 is 20.1 Å². The molecule has 3 aromatic carbocycles. The Kier molecular flexibility index (Phi) is 7.90. The number of fused-ring (bicyclic) bond motifs is 4. The Morgan fingerprint density at radius 2 is 1.73 bits per heavy atom. The summed E-state index contributed by atoms with van der Waals surface area (Å²) in [5.41, 5.74) is 1.24. The van der Waals surface area contributed by atoms with Crippen molar-refractivity contribution in [1.82, 2.24) is 14.7 Å². The summed E-state index contributed by atoms with van der Waals surface area (Å²) in [4.78, 5) is 21.5. The number of ketones is 1. The van der Waals surface area contributed by atoms with Gasteiger partial charge in [-0.3, -0.25) is 4.79 Å². The smallest absolute Gasteiger partial charge is 0.416 e. The van der Waals surface area contributed by atoms with Crippen LogP contribution in [0.3, 0.4) is 0 Å². The number of sulfonamides is 1. The second-order valence-electron chi connectivity index (χ2n) is 9.10. The minimum absolute atomic E-state index is 0.117. The highest BCUT2D eigenvalue weighted by molar-refractivity contribution is 7.89. The molecule has 9 nitrogen and oxygen atoms in total. The molecule has 0 unspecified atom stereocenters. The number of rotatable bonds is 5. The van der Waals surface area contributed by atoms with E-state index in [9.17, 15) is 26.4 Å². The van der Waals surface area contributed by atoms with Gasteiger partial charge in [-0.05, 0) is 54.4 Å². The van der Waals surface area contributed by atoms with Gasteiger partial charge in [0.2, 0.25) is 16.0 Å². The second-order valence-corrected chi connectivity index (χ2v) is 10.9. The van der Waals surface area contributed by atoms with Crippen molar-refractivity contribution in [3.8, 4) is 16.9 Å². The second kappa shape index (κ2) is 11.6. The summed E-state index contributed by atoms with van der Waals surface area (Å²) in [6, 6.07) is 17.2. The summed E-state index contributed by atoms with van der Waals surface area (Å²) in [6.07, 6.45) is -2.33. The number of nitrogens with one attached hydrogen (secondary N) is 3. The Hall–Kier alpha value is -4.49. The number of carbonyl (C=O) groups is 1. The maximum atomic E-state index is 12.8. The van der Waals surface area contributed by atoms with E-state index in [2.05, 4.69) is 25.3 Å². The Morgan fingerprint density at radius 3 is 2.46 bits per heavy atom. The average molecular weight is 584 g/mol. The fraction of sp³-hybridized carbons (Fsp3) is 0.179. The van der Waals surface area contributed by atoms with Gasteiger partial charge in [-0.1, -0.05) is 30.3 Å². The molecule has 1 aromatic heterocycles. The van der Waals surface area contributed by atoms with Crippen LogP contribution in [0, 0.1) is 0 Å². The molecule has 0 saturated heterocycles. The van der Waals surface area contributed by atoms with Crippen LogP contribution in [-0.2, 0) is 16.2 Å². The third-order valence-electron chi connectivity index (χ3n) is 6.20. The average Bonchev–Trinajstić information content (AvgIpc) is 2.96. The van der Waals surface area contributed by atoms with Gasteiger partial charge in [0.25, 0.3) is 0 Å². The molecular formula is C28H24F3N5O4S. The lowest BCUT2D eigenvalue weighted by Gasteiger charge is -2.13. The zero-order chi connectivity index (χ0) is 29.0. The summed E-state index contributed by atoms with van der Waals surface area (Å²) in [5, 5.41) is 6.28. The number of halogens is 3. The van der Waals surface area contributed by atoms with E-state index in [-0.39, 0.29) is 29.6 Å². The molecule has 1 aliphatic rings. The van der Waals surface area contributed by atoms with E-state index in [1.54, 1.807) is 42.6 Å². The van der Waals surface area contributed by atoms with Crippen LogP contribution in [-0.4, -0.2) is 43.9 Å². The van der Waals surface area contributed by atoms with E-state index < -0.39 is 27.5 Å². The summed E-state index contributed by atoms with van der Waals surface area (Å²) in [5.74, 6) is 0.752. The van der Waals surface area contributed by atoms with Crippen molar-refractivity contribution in [2.24, 2.45) is 0 Å². The number of Topliss-reactive ketones (excluding diaryl/α,β-unsaturated/α-hetero) is 1. The maximum Gasteiger partial charge on any atom is 0.416 e. The number of carbonyl (C=O) groups excluding carboxylic acids is 1. The van der Waals surface area contributed by atoms with Crippen LogP contribution in [0.4, 0.5) is 30.6 Å². The molecule has 4 bridgehead atoms. The maximum absolute atomic E-state index is 12.8. The molecule has 0 radical (unpaired) electrons. The summed E-state index contributed by atoms with van der Waals surface area (Å²) in [6.45, 7) is 0.334. The normalized spacial score (nSPS) is 14.8. The van der Waals surface area contributed by atoms with Crippen molar-refractivity contribution in [2.75, 3.05) is 30.3 Å². The topological polar surface area (TPSA) is 122 Å². The molecule has 41 heavy (non-hydrogen) atoms. The molecule has 2 heterocycles. The number of hydrogen-bond acceptors (Lipinski definition) is 8. The molecular weight excluding hydrogens is 559 g/mol. The summed E-state index contributed by atoms with van der Waals surface area (Å²) >= 11 is 0. The lowest BCUT2D eigenvalue weighted by atomic mass is 10.1. The van der Waals surface area contributed by atoms with Gasteiger partial charge in [0, 0.05) is 36.1 Å². The number of alkyl halides is 3. The molecule has 1 aliphatic heterocycles. The predicted octanol–water partition coefficient (Wildman–Crippen LogP) is 5.26. The third-order valence-corrected chi connectivity index (χ3v) is 7.66. The molecule has 0 atom stereocenters. The van der Waals surface area contributed by atoms with Gasteiger partial charge < -0.3 is 15.4 Å². The predicted molar refractivity (Wildman–Crippen MR) is 147 cm³/mol. The molecule has 0 spiro atoms. The zero-order valence-corrected chi connectivity index (χ0v) is 22.2. The molecule has 0 amide bonds. The van der Waals surface area contributed by atoms with Crippen LogP contribution in [0.25, 0.3) is 11.1 Å². The largest absolute Gasteiger partial charge is 0.485 e.